The normalized spacial score (nSPS) is 7.75. The highest BCUT2D eigenvalue weighted by atomic mass is 32.1. The predicted molar refractivity (Wildman–Crippen MR) is 56.3 cm³/mol. The molecule has 0 aliphatic carbocycles. The summed E-state index contributed by atoms with van der Waals surface area (Å²) in [6, 6.07) is 0. The van der Waals surface area contributed by atoms with E-state index in [-0.39, 0.29) is 5.91 Å². The van der Waals surface area contributed by atoms with Crippen molar-refractivity contribution in [3.05, 3.63) is 0 Å². The number of rotatable bonds is 3. The number of hydrogen-bond donors (Lipinski definition) is 0. The minimum Gasteiger partial charge on any atom is -0.362 e. The third kappa shape index (κ3) is 7.47. The molecular formula is C8H18N2OS. The summed E-state index contributed by atoms with van der Waals surface area (Å²) >= 11 is 4.61. The van der Waals surface area contributed by atoms with Crippen LogP contribution in [-0.4, -0.2) is 48.9 Å². The Morgan fingerprint density at radius 1 is 1.33 bits per heavy atom. The Hall–Kier alpha value is -0.640. The van der Waals surface area contributed by atoms with Gasteiger partial charge in [-0.25, -0.2) is 0 Å². The first kappa shape index (κ1) is 13.9. The smallest absolute Gasteiger partial charge is 0.241 e. The van der Waals surface area contributed by atoms with E-state index in [4.69, 9.17) is 0 Å². The van der Waals surface area contributed by atoms with E-state index in [1.54, 1.807) is 26.0 Å². The molecule has 0 atom stereocenters. The quantitative estimate of drug-likeness (QED) is 0.620. The molecule has 3 nitrogen and oxygen atoms in total. The van der Waals surface area contributed by atoms with Gasteiger partial charge in [0.15, 0.2) is 0 Å². The fourth-order valence-corrected chi connectivity index (χ4v) is 0.467. The fraction of sp³-hybridized carbons (Fsp3) is 0.750. The Morgan fingerprint density at radius 2 is 1.75 bits per heavy atom. The van der Waals surface area contributed by atoms with Crippen molar-refractivity contribution in [2.45, 2.75) is 13.8 Å². The first-order chi connectivity index (χ1) is 5.57. The van der Waals surface area contributed by atoms with E-state index in [2.05, 4.69) is 12.2 Å². The van der Waals surface area contributed by atoms with Crippen LogP contribution in [0.2, 0.25) is 0 Å². The Balaban J connectivity index is 0. The summed E-state index contributed by atoms with van der Waals surface area (Å²) in [7, 11) is 5.22. The van der Waals surface area contributed by atoms with Crippen LogP contribution in [0.4, 0.5) is 0 Å². The lowest BCUT2D eigenvalue weighted by atomic mass is 10.5. The van der Waals surface area contributed by atoms with Gasteiger partial charge in [0.05, 0.1) is 12.0 Å². The van der Waals surface area contributed by atoms with Crippen molar-refractivity contribution in [3.8, 4) is 0 Å². The van der Waals surface area contributed by atoms with Gasteiger partial charge >= 0.3 is 0 Å². The molecule has 0 radical (unpaired) electrons. The molecule has 0 aliphatic rings. The molecule has 0 spiro atoms. The molecule has 4 heteroatoms. The maximum atomic E-state index is 10.9. The molecule has 0 unspecified atom stereocenters. The second-order valence-corrected chi connectivity index (χ2v) is 2.52. The molecule has 0 aromatic rings. The average molecular weight is 190 g/mol. The summed E-state index contributed by atoms with van der Waals surface area (Å²) in [5.74, 6) is 0.0589. The molecule has 0 saturated carbocycles. The molecule has 0 heterocycles. The molecule has 0 aromatic heterocycles. The number of likely N-dealkylation sites (N-methyl/N-ethyl adjacent to an activating group) is 2. The van der Waals surface area contributed by atoms with E-state index in [1.165, 1.54) is 10.4 Å². The van der Waals surface area contributed by atoms with Gasteiger partial charge in [-0.2, -0.15) is 0 Å². The van der Waals surface area contributed by atoms with Gasteiger partial charge < -0.3 is 9.80 Å². The van der Waals surface area contributed by atoms with Crippen LogP contribution in [0.25, 0.3) is 0 Å². The molecule has 0 fully saturated rings. The van der Waals surface area contributed by atoms with Gasteiger partial charge in [-0.3, -0.25) is 4.79 Å². The number of carbonyl (C=O) groups excluding carboxylic acids is 1. The van der Waals surface area contributed by atoms with Gasteiger partial charge in [0.2, 0.25) is 5.91 Å². The summed E-state index contributed by atoms with van der Waals surface area (Å²) in [5, 5.41) is 0. The number of thiocarbonyl (C=S) groups is 1. The van der Waals surface area contributed by atoms with Crippen LogP contribution in [0, 0.1) is 0 Å². The van der Waals surface area contributed by atoms with Crippen LogP contribution in [-0.2, 0) is 4.79 Å². The number of amides is 1. The molecule has 0 bridgehead atoms. The van der Waals surface area contributed by atoms with E-state index >= 15 is 0 Å². The van der Waals surface area contributed by atoms with Gasteiger partial charge in [0.25, 0.3) is 0 Å². The van der Waals surface area contributed by atoms with Crippen LogP contribution >= 0.6 is 12.2 Å². The van der Waals surface area contributed by atoms with Crippen LogP contribution in [0.15, 0.2) is 0 Å². The van der Waals surface area contributed by atoms with Crippen molar-refractivity contribution in [2.24, 2.45) is 0 Å². The van der Waals surface area contributed by atoms with Gasteiger partial charge in [0, 0.05) is 21.1 Å². The van der Waals surface area contributed by atoms with E-state index in [0.29, 0.717) is 6.54 Å². The highest BCUT2D eigenvalue weighted by molar-refractivity contribution is 7.78. The summed E-state index contributed by atoms with van der Waals surface area (Å²) in [6.45, 7) is 4.36. The lowest BCUT2D eigenvalue weighted by Crippen LogP contribution is -2.33. The molecule has 12 heavy (non-hydrogen) atoms. The highest BCUT2D eigenvalue weighted by Gasteiger charge is 2.03. The molecule has 1 amide bonds. The Labute approximate surface area is 80.3 Å². The van der Waals surface area contributed by atoms with E-state index < -0.39 is 0 Å². The van der Waals surface area contributed by atoms with Gasteiger partial charge in [-0.1, -0.05) is 26.1 Å². The molecule has 0 N–H and O–H groups in total. The number of carbonyl (C=O) groups is 1. The van der Waals surface area contributed by atoms with Crippen LogP contribution < -0.4 is 0 Å². The zero-order chi connectivity index (χ0) is 10.1. The van der Waals surface area contributed by atoms with Crippen molar-refractivity contribution in [1.29, 1.82) is 0 Å². The van der Waals surface area contributed by atoms with Crippen LogP contribution in [0.3, 0.4) is 0 Å². The number of hydrogen-bond acceptors (Lipinski definition) is 2. The second kappa shape index (κ2) is 8.46. The maximum absolute atomic E-state index is 10.9. The van der Waals surface area contributed by atoms with Crippen LogP contribution in [0.5, 0.6) is 0 Å². The third-order valence-electron chi connectivity index (χ3n) is 1.06. The van der Waals surface area contributed by atoms with E-state index in [0.717, 1.165) is 0 Å². The van der Waals surface area contributed by atoms with Crippen molar-refractivity contribution in [1.82, 2.24) is 9.80 Å². The zero-order valence-electron chi connectivity index (χ0n) is 8.50. The zero-order valence-corrected chi connectivity index (χ0v) is 9.31. The van der Waals surface area contributed by atoms with E-state index in [1.807, 2.05) is 13.8 Å². The van der Waals surface area contributed by atoms with Crippen LogP contribution in [0.1, 0.15) is 13.8 Å². The van der Waals surface area contributed by atoms with Crippen molar-refractivity contribution < 1.29 is 4.79 Å². The van der Waals surface area contributed by atoms with Crippen molar-refractivity contribution >= 4 is 23.6 Å². The van der Waals surface area contributed by atoms with Gasteiger partial charge in [-0.15, -0.1) is 0 Å². The topological polar surface area (TPSA) is 23.6 Å². The molecule has 0 aromatic carbocycles. The van der Waals surface area contributed by atoms with Gasteiger partial charge in [-0.05, 0) is 0 Å². The number of nitrogens with zero attached hydrogens (tertiary/aromatic N) is 2. The molecule has 0 saturated heterocycles. The second-order valence-electron chi connectivity index (χ2n) is 2.31. The lowest BCUT2D eigenvalue weighted by Gasteiger charge is -2.15. The Kier molecular flexibility index (Phi) is 9.81. The molecule has 0 aliphatic heterocycles. The van der Waals surface area contributed by atoms with Gasteiger partial charge in [0.1, 0.15) is 0 Å². The Bertz CT molecular complexity index is 137. The molecular weight excluding hydrogens is 172 g/mol. The Morgan fingerprint density at radius 3 is 2.00 bits per heavy atom. The summed E-state index contributed by atoms with van der Waals surface area (Å²) in [6.07, 6.45) is 0. The van der Waals surface area contributed by atoms with E-state index in [9.17, 15) is 4.79 Å². The maximum Gasteiger partial charge on any atom is 0.241 e. The average Bonchev–Trinajstić information content (AvgIpc) is 2.07. The highest BCUT2D eigenvalue weighted by Crippen LogP contribution is 1.82. The first-order valence-electron chi connectivity index (χ1n) is 3.93. The summed E-state index contributed by atoms with van der Waals surface area (Å²) in [5.41, 5.74) is 1.46. The monoisotopic (exact) mass is 190 g/mol. The first-order valence-corrected chi connectivity index (χ1v) is 4.40. The predicted octanol–water partition coefficient (Wildman–Crippen LogP) is 0.990. The molecule has 72 valence electrons. The van der Waals surface area contributed by atoms with Crippen molar-refractivity contribution in [2.75, 3.05) is 27.7 Å². The minimum absolute atomic E-state index is 0.0589. The van der Waals surface area contributed by atoms with Crippen molar-refractivity contribution in [3.63, 3.8) is 0 Å². The third-order valence-corrected chi connectivity index (χ3v) is 1.42. The fourth-order valence-electron chi connectivity index (χ4n) is 0.392. The largest absolute Gasteiger partial charge is 0.362 e. The summed E-state index contributed by atoms with van der Waals surface area (Å²) < 4.78 is 0. The lowest BCUT2D eigenvalue weighted by molar-refractivity contribution is -0.128. The minimum atomic E-state index is 0.0589. The SMILES string of the molecule is CC.CN(C=S)CC(=O)N(C)C. The molecule has 0 rings (SSSR count). The summed E-state index contributed by atoms with van der Waals surface area (Å²) in [4.78, 5) is 14.1. The standard InChI is InChI=1S/C6H12N2OS.C2H6/c1-7(2)6(9)4-8(3)5-10;1-2/h5H,4H2,1-3H3;1-2H3.